The van der Waals surface area contributed by atoms with Gasteiger partial charge in [-0.2, -0.15) is 0 Å². The number of hydrogen-bond acceptors (Lipinski definition) is 3. The minimum atomic E-state index is -0.940. The van der Waals surface area contributed by atoms with Crippen molar-refractivity contribution in [1.82, 2.24) is 0 Å². The van der Waals surface area contributed by atoms with E-state index in [-0.39, 0.29) is 12.4 Å². The van der Waals surface area contributed by atoms with E-state index in [1.165, 1.54) is 96.3 Å². The van der Waals surface area contributed by atoms with Crippen LogP contribution in [0.5, 0.6) is 0 Å². The van der Waals surface area contributed by atoms with E-state index in [0.717, 1.165) is 19.3 Å². The summed E-state index contributed by atoms with van der Waals surface area (Å²) in [5.74, 6) is -1.84. The molecule has 0 aromatic rings. The monoisotopic (exact) mass is 452 g/mol. The quantitative estimate of drug-likeness (QED) is 0.0904. The first kappa shape index (κ1) is 30.7. The zero-order valence-electron chi connectivity index (χ0n) is 21.3. The first-order chi connectivity index (χ1) is 15.6. The molecular weight excluding hydrogens is 400 g/mol. The highest BCUT2D eigenvalue weighted by molar-refractivity contribution is 5.79. The van der Waals surface area contributed by atoms with Gasteiger partial charge in [-0.15, -0.1) is 0 Å². The van der Waals surface area contributed by atoms with Crippen LogP contribution in [0.1, 0.15) is 142 Å². The van der Waals surface area contributed by atoms with Crippen LogP contribution in [-0.4, -0.2) is 23.7 Å². The van der Waals surface area contributed by atoms with Gasteiger partial charge in [0.25, 0.3) is 0 Å². The summed E-state index contributed by atoms with van der Waals surface area (Å²) in [5, 5.41) is 8.99. The van der Waals surface area contributed by atoms with Gasteiger partial charge in [0.2, 0.25) is 0 Å². The molecule has 0 heterocycles. The van der Waals surface area contributed by atoms with Crippen molar-refractivity contribution in [3.8, 4) is 0 Å². The molecule has 0 saturated carbocycles. The minimum absolute atomic E-state index is 0.143. The third-order valence-corrected chi connectivity index (χ3v) is 6.03. The Hall–Kier alpha value is -1.32. The largest absolute Gasteiger partial charge is 0.481 e. The van der Waals surface area contributed by atoms with Gasteiger partial charge in [-0.25, -0.2) is 0 Å². The van der Waals surface area contributed by atoms with Crippen molar-refractivity contribution in [1.29, 1.82) is 0 Å². The second kappa shape index (κ2) is 24.3. The molecule has 4 heteroatoms. The van der Waals surface area contributed by atoms with Gasteiger partial charge in [0.05, 0.1) is 18.9 Å². The highest BCUT2D eigenvalue weighted by atomic mass is 16.5. The molecule has 0 saturated heterocycles. The van der Waals surface area contributed by atoms with Crippen molar-refractivity contribution in [2.45, 2.75) is 142 Å². The Balaban J connectivity index is 3.50. The molecule has 0 rings (SSSR count). The molecule has 32 heavy (non-hydrogen) atoms. The fourth-order valence-corrected chi connectivity index (χ4v) is 4.00. The van der Waals surface area contributed by atoms with E-state index in [4.69, 9.17) is 9.84 Å². The number of carbonyl (C=O) groups excluding carboxylic acids is 1. The molecule has 0 spiro atoms. The van der Waals surface area contributed by atoms with Crippen molar-refractivity contribution >= 4 is 11.9 Å². The first-order valence-corrected chi connectivity index (χ1v) is 13.6. The predicted octanol–water partition coefficient (Wildman–Crippen LogP) is 8.63. The number of rotatable bonds is 24. The summed E-state index contributed by atoms with van der Waals surface area (Å²) in [4.78, 5) is 22.9. The summed E-state index contributed by atoms with van der Waals surface area (Å²) in [6.45, 7) is 4.57. The molecule has 188 valence electrons. The molecule has 0 radical (unpaired) electrons. The molecular formula is C28H52O4. The third-order valence-electron chi connectivity index (χ3n) is 6.03. The lowest BCUT2D eigenvalue weighted by molar-refractivity contribution is -0.153. The SMILES string of the molecule is CCCCCCCCCCCCCCCCC/C=C/CCC(CC(=O)O)C(=O)OCCC. The molecule has 0 fully saturated rings. The maximum Gasteiger partial charge on any atom is 0.309 e. The van der Waals surface area contributed by atoms with Gasteiger partial charge >= 0.3 is 11.9 Å². The van der Waals surface area contributed by atoms with Crippen LogP contribution in [0.3, 0.4) is 0 Å². The Morgan fingerprint density at radius 3 is 1.62 bits per heavy atom. The summed E-state index contributed by atoms with van der Waals surface area (Å²) in [6, 6.07) is 0. The zero-order chi connectivity index (χ0) is 23.7. The summed E-state index contributed by atoms with van der Waals surface area (Å²) in [5.41, 5.74) is 0. The molecule has 0 aliphatic rings. The third kappa shape index (κ3) is 21.9. The van der Waals surface area contributed by atoms with E-state index in [0.29, 0.717) is 13.0 Å². The Kier molecular flexibility index (Phi) is 23.3. The topological polar surface area (TPSA) is 63.6 Å². The Labute approximate surface area is 198 Å². The van der Waals surface area contributed by atoms with Crippen LogP contribution in [0, 0.1) is 5.92 Å². The summed E-state index contributed by atoms with van der Waals surface area (Å²) in [7, 11) is 0. The van der Waals surface area contributed by atoms with Gasteiger partial charge in [0.1, 0.15) is 0 Å². The second-order valence-corrected chi connectivity index (χ2v) is 9.25. The highest BCUT2D eigenvalue weighted by Crippen LogP contribution is 2.16. The molecule has 1 N–H and O–H groups in total. The molecule has 0 aliphatic heterocycles. The zero-order valence-corrected chi connectivity index (χ0v) is 21.3. The average molecular weight is 453 g/mol. The minimum Gasteiger partial charge on any atom is -0.481 e. The van der Waals surface area contributed by atoms with Crippen molar-refractivity contribution in [2.24, 2.45) is 5.92 Å². The number of carboxylic acid groups (broad SMARTS) is 1. The van der Waals surface area contributed by atoms with Gasteiger partial charge in [-0.1, -0.05) is 116 Å². The number of carbonyl (C=O) groups is 2. The number of ether oxygens (including phenoxy) is 1. The van der Waals surface area contributed by atoms with E-state index >= 15 is 0 Å². The van der Waals surface area contributed by atoms with Crippen LogP contribution in [0.4, 0.5) is 0 Å². The summed E-state index contributed by atoms with van der Waals surface area (Å²) >= 11 is 0. The molecule has 0 aromatic heterocycles. The molecule has 0 aliphatic carbocycles. The van der Waals surface area contributed by atoms with E-state index in [9.17, 15) is 9.59 Å². The lowest BCUT2D eigenvalue weighted by Gasteiger charge is -2.12. The number of esters is 1. The van der Waals surface area contributed by atoms with Crippen LogP contribution in [0.15, 0.2) is 12.2 Å². The maximum atomic E-state index is 12.0. The average Bonchev–Trinajstić information content (AvgIpc) is 2.77. The molecule has 0 bridgehead atoms. The fraction of sp³-hybridized carbons (Fsp3) is 0.857. The van der Waals surface area contributed by atoms with Crippen LogP contribution in [0.2, 0.25) is 0 Å². The Bertz CT molecular complexity index is 458. The van der Waals surface area contributed by atoms with E-state index in [2.05, 4.69) is 19.1 Å². The van der Waals surface area contributed by atoms with E-state index < -0.39 is 11.9 Å². The molecule has 0 amide bonds. The number of unbranched alkanes of at least 4 members (excludes halogenated alkanes) is 15. The number of allylic oxidation sites excluding steroid dienone is 2. The molecule has 1 atom stereocenters. The van der Waals surface area contributed by atoms with Crippen LogP contribution in [0.25, 0.3) is 0 Å². The Morgan fingerprint density at radius 2 is 1.16 bits per heavy atom. The predicted molar refractivity (Wildman–Crippen MR) is 135 cm³/mol. The number of carboxylic acids is 1. The normalized spacial score (nSPS) is 12.3. The first-order valence-electron chi connectivity index (χ1n) is 13.6. The van der Waals surface area contributed by atoms with Crippen molar-refractivity contribution in [3.63, 3.8) is 0 Å². The van der Waals surface area contributed by atoms with E-state index in [1.807, 2.05) is 6.92 Å². The number of aliphatic carboxylic acids is 1. The summed E-state index contributed by atoms with van der Waals surface area (Å²) in [6.07, 6.45) is 27.9. The fourth-order valence-electron chi connectivity index (χ4n) is 4.00. The molecule has 0 aromatic carbocycles. The van der Waals surface area contributed by atoms with Gasteiger partial charge in [0.15, 0.2) is 0 Å². The van der Waals surface area contributed by atoms with Gasteiger partial charge in [-0.05, 0) is 32.1 Å². The Morgan fingerprint density at radius 1 is 0.688 bits per heavy atom. The van der Waals surface area contributed by atoms with Crippen LogP contribution in [-0.2, 0) is 14.3 Å². The molecule has 4 nitrogen and oxygen atoms in total. The van der Waals surface area contributed by atoms with Crippen molar-refractivity contribution in [2.75, 3.05) is 6.61 Å². The van der Waals surface area contributed by atoms with Crippen molar-refractivity contribution < 1.29 is 19.4 Å². The second-order valence-electron chi connectivity index (χ2n) is 9.25. The maximum absolute atomic E-state index is 12.0. The van der Waals surface area contributed by atoms with E-state index in [1.54, 1.807) is 0 Å². The smallest absolute Gasteiger partial charge is 0.309 e. The van der Waals surface area contributed by atoms with Crippen LogP contribution >= 0.6 is 0 Å². The summed E-state index contributed by atoms with van der Waals surface area (Å²) < 4.78 is 5.12. The van der Waals surface area contributed by atoms with Gasteiger partial charge in [0, 0.05) is 0 Å². The van der Waals surface area contributed by atoms with Crippen LogP contribution < -0.4 is 0 Å². The lowest BCUT2D eigenvalue weighted by Crippen LogP contribution is -2.21. The molecule has 1 unspecified atom stereocenters. The standard InChI is InChI=1S/C28H52O4/c1-3-5-6-7-8-9-10-11-12-13-14-15-16-17-18-19-20-21-22-23-26(25-27(29)30)28(31)32-24-4-2/h20-21,26H,3-19,22-25H2,1-2H3,(H,29,30)/b21-20+. The van der Waals surface area contributed by atoms with Crippen molar-refractivity contribution in [3.05, 3.63) is 12.2 Å². The van der Waals surface area contributed by atoms with Gasteiger partial charge < -0.3 is 9.84 Å². The highest BCUT2D eigenvalue weighted by Gasteiger charge is 2.22. The lowest BCUT2D eigenvalue weighted by atomic mass is 9.99. The number of hydrogen-bond donors (Lipinski definition) is 1. The van der Waals surface area contributed by atoms with Gasteiger partial charge in [-0.3, -0.25) is 9.59 Å².